The van der Waals surface area contributed by atoms with Crippen molar-refractivity contribution < 1.29 is 9.90 Å². The average molecular weight is 406 g/mol. The lowest BCUT2D eigenvalue weighted by atomic mass is 9.70. The fraction of sp³-hybridized carbons (Fsp3) is 0.440. The highest BCUT2D eigenvalue weighted by Crippen LogP contribution is 2.41. The lowest BCUT2D eigenvalue weighted by Gasteiger charge is -2.42. The molecule has 3 aromatic rings. The van der Waals surface area contributed by atoms with E-state index in [1.807, 2.05) is 24.8 Å². The van der Waals surface area contributed by atoms with E-state index in [-0.39, 0.29) is 23.3 Å². The van der Waals surface area contributed by atoms with E-state index < -0.39 is 0 Å². The summed E-state index contributed by atoms with van der Waals surface area (Å²) in [6.07, 6.45) is 6.31. The Kier molecular flexibility index (Phi) is 5.41. The Balaban J connectivity index is 1.65. The van der Waals surface area contributed by atoms with Crippen molar-refractivity contribution in [3.8, 4) is 0 Å². The van der Waals surface area contributed by atoms with Crippen molar-refractivity contribution in [2.24, 2.45) is 5.41 Å². The number of benzene rings is 1. The molecule has 0 radical (unpaired) electrons. The predicted octanol–water partition coefficient (Wildman–Crippen LogP) is 3.96. The van der Waals surface area contributed by atoms with Gasteiger partial charge in [-0.25, -0.2) is 4.98 Å². The van der Waals surface area contributed by atoms with E-state index in [1.54, 1.807) is 0 Å². The lowest BCUT2D eigenvalue weighted by Crippen LogP contribution is -2.47. The number of pyridine rings is 1. The van der Waals surface area contributed by atoms with Crippen LogP contribution in [-0.2, 0) is 10.2 Å². The van der Waals surface area contributed by atoms with Gasteiger partial charge >= 0.3 is 0 Å². The fourth-order valence-corrected chi connectivity index (χ4v) is 4.50. The van der Waals surface area contributed by atoms with Crippen molar-refractivity contribution in [3.05, 3.63) is 71.7 Å². The predicted molar refractivity (Wildman–Crippen MR) is 118 cm³/mol. The number of piperidine rings is 1. The monoisotopic (exact) mass is 405 g/mol. The van der Waals surface area contributed by atoms with Gasteiger partial charge in [0, 0.05) is 43.9 Å². The van der Waals surface area contributed by atoms with Crippen molar-refractivity contribution in [1.82, 2.24) is 14.3 Å². The summed E-state index contributed by atoms with van der Waals surface area (Å²) in [6, 6.07) is 14.7. The molecule has 1 fully saturated rings. The molecule has 5 nitrogen and oxygen atoms in total. The largest absolute Gasteiger partial charge is 0.396 e. The first-order valence-electron chi connectivity index (χ1n) is 10.7. The normalized spacial score (nSPS) is 16.7. The van der Waals surface area contributed by atoms with E-state index in [0.717, 1.165) is 24.2 Å². The third kappa shape index (κ3) is 3.86. The van der Waals surface area contributed by atoms with E-state index in [9.17, 15) is 9.90 Å². The first-order valence-corrected chi connectivity index (χ1v) is 10.7. The number of imidazole rings is 1. The second-order valence-electron chi connectivity index (χ2n) is 9.43. The van der Waals surface area contributed by atoms with Crippen molar-refractivity contribution in [2.45, 2.75) is 45.4 Å². The molecule has 158 valence electrons. The molecule has 1 amide bonds. The summed E-state index contributed by atoms with van der Waals surface area (Å²) in [7, 11) is 0. The summed E-state index contributed by atoms with van der Waals surface area (Å²) in [5.41, 5.74) is 3.89. The number of rotatable bonds is 5. The molecule has 0 aliphatic carbocycles. The summed E-state index contributed by atoms with van der Waals surface area (Å²) < 4.78 is 2.11. The van der Waals surface area contributed by atoms with Crippen molar-refractivity contribution >= 4 is 11.6 Å². The van der Waals surface area contributed by atoms with Gasteiger partial charge in [-0.15, -0.1) is 0 Å². The highest BCUT2D eigenvalue weighted by molar-refractivity contribution is 5.77. The molecule has 1 N–H and O–H groups in total. The maximum atomic E-state index is 12.8. The van der Waals surface area contributed by atoms with Gasteiger partial charge in [0.05, 0.1) is 5.69 Å². The number of aromatic nitrogens is 2. The van der Waals surface area contributed by atoms with Gasteiger partial charge in [0.25, 0.3) is 0 Å². The van der Waals surface area contributed by atoms with Crippen LogP contribution in [-0.4, -0.2) is 45.0 Å². The third-order valence-electron chi connectivity index (χ3n) is 6.44. The highest BCUT2D eigenvalue weighted by Gasteiger charge is 2.41. The lowest BCUT2D eigenvalue weighted by molar-refractivity contribution is -0.135. The molecule has 0 saturated carbocycles. The Bertz CT molecular complexity index is 1030. The van der Waals surface area contributed by atoms with Crippen LogP contribution < -0.4 is 0 Å². The first kappa shape index (κ1) is 20.6. The van der Waals surface area contributed by atoms with Crippen LogP contribution in [0.4, 0.5) is 0 Å². The molecule has 2 aromatic heterocycles. The molecule has 5 heteroatoms. The number of hydrogen-bond donors (Lipinski definition) is 1. The number of likely N-dealkylation sites (tertiary alicyclic amines) is 1. The molecule has 0 spiro atoms. The van der Waals surface area contributed by atoms with Crippen LogP contribution in [0.25, 0.3) is 5.65 Å². The quantitative estimate of drug-likeness (QED) is 0.699. The number of aliphatic hydroxyl groups is 1. The Morgan fingerprint density at radius 1 is 1.10 bits per heavy atom. The minimum Gasteiger partial charge on any atom is -0.396 e. The van der Waals surface area contributed by atoms with Gasteiger partial charge in [-0.1, -0.05) is 50.2 Å². The van der Waals surface area contributed by atoms with Crippen LogP contribution in [0.1, 0.15) is 49.9 Å². The number of aliphatic hydroxyl groups excluding tert-OH is 1. The molecular formula is C25H31N3O2. The highest BCUT2D eigenvalue weighted by atomic mass is 16.3. The number of nitrogens with zero attached hydrogens (tertiary/aromatic N) is 3. The van der Waals surface area contributed by atoms with Crippen LogP contribution in [0.2, 0.25) is 0 Å². The van der Waals surface area contributed by atoms with Crippen molar-refractivity contribution in [1.29, 1.82) is 0 Å². The molecule has 1 aliphatic rings. The topological polar surface area (TPSA) is 57.8 Å². The van der Waals surface area contributed by atoms with E-state index in [1.165, 1.54) is 11.1 Å². The van der Waals surface area contributed by atoms with Crippen LogP contribution in [0.15, 0.2) is 54.9 Å². The van der Waals surface area contributed by atoms with Gasteiger partial charge in [-0.2, -0.15) is 0 Å². The molecule has 4 rings (SSSR count). The summed E-state index contributed by atoms with van der Waals surface area (Å²) in [5, 5.41) is 9.53. The van der Waals surface area contributed by atoms with Crippen LogP contribution in [0, 0.1) is 12.3 Å². The molecule has 0 atom stereocenters. The minimum absolute atomic E-state index is 0.0151. The van der Waals surface area contributed by atoms with E-state index in [4.69, 9.17) is 4.98 Å². The molecule has 0 bridgehead atoms. The number of aryl methyl sites for hydroxylation is 1. The smallest absolute Gasteiger partial charge is 0.223 e. The van der Waals surface area contributed by atoms with E-state index in [0.29, 0.717) is 19.5 Å². The number of fused-ring (bicyclic) bond motifs is 1. The summed E-state index contributed by atoms with van der Waals surface area (Å²) in [5.74, 6) is 0.126. The van der Waals surface area contributed by atoms with E-state index in [2.05, 4.69) is 60.1 Å². The summed E-state index contributed by atoms with van der Waals surface area (Å²) in [6.45, 7) is 7.36. The van der Waals surface area contributed by atoms with Gasteiger partial charge in [0.1, 0.15) is 5.65 Å². The number of amides is 1. The zero-order chi connectivity index (χ0) is 21.4. The molecule has 3 heterocycles. The zero-order valence-electron chi connectivity index (χ0n) is 18.1. The fourth-order valence-electron chi connectivity index (χ4n) is 4.50. The van der Waals surface area contributed by atoms with Crippen LogP contribution in [0.5, 0.6) is 0 Å². The maximum absolute atomic E-state index is 12.8. The standard InChI is InChI=1S/C25H31N3O2/c1-19-9-10-22-26-21(17-28(22)16-19)25(20-7-5-4-6-8-20)11-13-27(14-12-25)23(30)15-24(2,3)18-29/h4-10,16-17,29H,11-15,18H2,1-3H3. The SMILES string of the molecule is Cc1ccc2nc(C3(c4ccccc4)CCN(C(=O)CC(C)(C)CO)CC3)cn2c1. The van der Waals surface area contributed by atoms with Crippen LogP contribution in [0.3, 0.4) is 0 Å². The minimum atomic E-state index is -0.384. The van der Waals surface area contributed by atoms with Gasteiger partial charge in [-0.05, 0) is 42.4 Å². The van der Waals surface area contributed by atoms with Crippen molar-refractivity contribution in [3.63, 3.8) is 0 Å². The molecule has 1 aromatic carbocycles. The first-order chi connectivity index (χ1) is 14.3. The average Bonchev–Trinajstić information content (AvgIpc) is 3.18. The Morgan fingerprint density at radius 3 is 2.47 bits per heavy atom. The second-order valence-corrected chi connectivity index (χ2v) is 9.43. The van der Waals surface area contributed by atoms with Crippen molar-refractivity contribution in [2.75, 3.05) is 19.7 Å². The molecule has 1 saturated heterocycles. The number of carbonyl (C=O) groups excluding carboxylic acids is 1. The van der Waals surface area contributed by atoms with Gasteiger partial charge in [0.15, 0.2) is 0 Å². The van der Waals surface area contributed by atoms with E-state index >= 15 is 0 Å². The zero-order valence-corrected chi connectivity index (χ0v) is 18.1. The Morgan fingerprint density at radius 2 is 1.80 bits per heavy atom. The number of hydrogen-bond acceptors (Lipinski definition) is 3. The molecular weight excluding hydrogens is 374 g/mol. The molecule has 30 heavy (non-hydrogen) atoms. The summed E-state index contributed by atoms with van der Waals surface area (Å²) >= 11 is 0. The third-order valence-corrected chi connectivity index (χ3v) is 6.44. The second kappa shape index (κ2) is 7.88. The molecule has 0 unspecified atom stereocenters. The number of carbonyl (C=O) groups is 1. The maximum Gasteiger partial charge on any atom is 0.223 e. The molecule has 1 aliphatic heterocycles. The Hall–Kier alpha value is -2.66. The van der Waals surface area contributed by atoms with Crippen LogP contribution >= 0.6 is 0 Å². The van der Waals surface area contributed by atoms with Gasteiger partial charge in [0.2, 0.25) is 5.91 Å². The summed E-state index contributed by atoms with van der Waals surface area (Å²) in [4.78, 5) is 19.8. The van der Waals surface area contributed by atoms with Gasteiger partial charge < -0.3 is 14.4 Å². The Labute approximate surface area is 178 Å². The van der Waals surface area contributed by atoms with Gasteiger partial charge in [-0.3, -0.25) is 4.79 Å².